The molecule has 0 N–H and O–H groups in total. The molecule has 0 saturated carbocycles. The van der Waals surface area contributed by atoms with Crippen LogP contribution < -0.4 is 27.4 Å². The van der Waals surface area contributed by atoms with E-state index in [2.05, 4.69) is 361 Å². The van der Waals surface area contributed by atoms with Crippen LogP contribution in [0, 0.1) is 125 Å². The van der Waals surface area contributed by atoms with Crippen LogP contribution in [0.1, 0.15) is 105 Å². The first-order valence-corrected chi connectivity index (χ1v) is 33.5. The number of aromatic nitrogens is 6. The summed E-state index contributed by atoms with van der Waals surface area (Å²) >= 11 is 0. The van der Waals surface area contributed by atoms with Crippen molar-refractivity contribution >= 4 is 0 Å². The van der Waals surface area contributed by atoms with Gasteiger partial charge in [0, 0.05) is 141 Å². The SMILES string of the molecule is Cc1ccc(-c2cccc(C)[n+]2C)c(C)c1.Cc1ccc(C)c(-c2cccc(C)[n+]2C)c1.Cc1ccc(C)c(-c2cccc(C)[n+]2C)c1.Cc1cccc(C)c1-c1cccc(C)[n+]1C.Cc1cccc(C)c1-c1cccc(C)[n+]1C.[2H]C([2H])([2H])c1ccc(-c2cccc(C)[n+]2C)c(C)c1. The average molecular weight is 1280 g/mol. The number of rotatable bonds is 6. The quantitative estimate of drug-likeness (QED) is 0.148. The molecule has 6 nitrogen and oxygen atoms in total. The number of hydrogen-bond donors (Lipinski definition) is 0. The van der Waals surface area contributed by atoms with Crippen molar-refractivity contribution in [2.45, 2.75) is 125 Å². The highest BCUT2D eigenvalue weighted by Gasteiger charge is 2.20. The Morgan fingerprint density at radius 2 is 0.427 bits per heavy atom. The van der Waals surface area contributed by atoms with E-state index in [1.54, 1.807) is 12.1 Å². The number of pyridine rings is 6. The third-order valence-electron chi connectivity index (χ3n) is 18.9. The Bertz CT molecular complexity index is 4580. The molecule has 0 fully saturated rings. The summed E-state index contributed by atoms with van der Waals surface area (Å²) in [6, 6.07) is 76.3. The standard InChI is InChI=1S/6C15H18N/c2*1-11-7-5-8-12(2)15(11)14-10-6-9-13(3)16(14)4;2*1-11-8-9-14(12(2)10-11)15-7-5-6-13(3)16(15)4;2*1-11-8-9-12(2)14(10-11)15-7-5-6-13(3)16(15)4/h6*5-10H,1-4H3/q6*+1/i;;1D3;;;. The topological polar surface area (TPSA) is 23.3 Å². The lowest BCUT2D eigenvalue weighted by Gasteiger charge is -2.08. The van der Waals surface area contributed by atoms with Gasteiger partial charge in [0.05, 0.1) is 11.1 Å². The van der Waals surface area contributed by atoms with Crippen LogP contribution in [0.3, 0.4) is 0 Å². The molecule has 0 amide bonds. The molecule has 0 aliphatic rings. The van der Waals surface area contributed by atoms with Crippen LogP contribution in [0.25, 0.3) is 67.5 Å². The van der Waals surface area contributed by atoms with Crippen LogP contribution in [0.2, 0.25) is 0 Å². The van der Waals surface area contributed by atoms with E-state index in [1.165, 1.54) is 140 Å². The van der Waals surface area contributed by atoms with Gasteiger partial charge in [0.25, 0.3) is 0 Å². The highest BCUT2D eigenvalue weighted by atomic mass is 15.0. The second-order valence-electron chi connectivity index (χ2n) is 26.2. The fourth-order valence-electron chi connectivity index (χ4n) is 12.2. The van der Waals surface area contributed by atoms with Crippen LogP contribution in [0.5, 0.6) is 0 Å². The Labute approximate surface area is 582 Å². The molecule has 0 atom stereocenters. The van der Waals surface area contributed by atoms with Gasteiger partial charge in [-0.1, -0.05) is 107 Å². The van der Waals surface area contributed by atoms with Crippen molar-refractivity contribution in [1.82, 2.24) is 0 Å². The molecule has 6 heteroatoms. The van der Waals surface area contributed by atoms with E-state index in [0.29, 0.717) is 5.56 Å². The summed E-state index contributed by atoms with van der Waals surface area (Å²) in [6.07, 6.45) is 0. The van der Waals surface area contributed by atoms with Crippen molar-refractivity contribution in [3.63, 3.8) is 0 Å². The molecule has 6 aromatic carbocycles. The Hall–Kier alpha value is -9.78. The van der Waals surface area contributed by atoms with Gasteiger partial charge in [-0.25, -0.2) is 0 Å². The van der Waals surface area contributed by atoms with Crippen molar-refractivity contribution in [3.05, 3.63) is 319 Å². The van der Waals surface area contributed by atoms with Gasteiger partial charge in [-0.05, 0) is 188 Å². The van der Waals surface area contributed by atoms with E-state index in [9.17, 15) is 0 Å². The molecule has 12 aromatic rings. The van der Waals surface area contributed by atoms with Gasteiger partial charge < -0.3 is 0 Å². The van der Waals surface area contributed by atoms with E-state index in [1.807, 2.05) is 32.2 Å². The predicted octanol–water partition coefficient (Wildman–Crippen LogP) is 18.6. The summed E-state index contributed by atoms with van der Waals surface area (Å²) in [7, 11) is 12.6. The normalized spacial score (nSPS) is 11.1. The first kappa shape index (κ1) is 69.1. The maximum atomic E-state index is 7.45. The number of nitrogens with zero attached hydrogens (tertiary/aromatic N) is 6. The van der Waals surface area contributed by atoms with Crippen LogP contribution in [-0.4, -0.2) is 0 Å². The van der Waals surface area contributed by atoms with Crippen molar-refractivity contribution < 1.29 is 31.5 Å². The van der Waals surface area contributed by atoms with Crippen LogP contribution in [0.4, 0.5) is 0 Å². The molecule has 0 aliphatic heterocycles. The second kappa shape index (κ2) is 33.6. The van der Waals surface area contributed by atoms with E-state index < -0.39 is 6.85 Å². The lowest BCUT2D eigenvalue weighted by atomic mass is 9.99. The molecule has 0 bridgehead atoms. The van der Waals surface area contributed by atoms with Gasteiger partial charge in [-0.3, -0.25) is 0 Å². The number of hydrogen-bond acceptors (Lipinski definition) is 0. The zero-order chi connectivity index (χ0) is 72.7. The van der Waals surface area contributed by atoms with Crippen molar-refractivity contribution in [1.29, 1.82) is 0 Å². The van der Waals surface area contributed by atoms with Gasteiger partial charge in [0.1, 0.15) is 42.3 Å². The van der Waals surface area contributed by atoms with E-state index in [4.69, 9.17) is 4.11 Å². The van der Waals surface area contributed by atoms with Crippen molar-refractivity contribution in [2.24, 2.45) is 42.3 Å². The Morgan fingerprint density at radius 3 is 0.719 bits per heavy atom. The summed E-state index contributed by atoms with van der Waals surface area (Å²) in [5, 5.41) is 0. The molecule has 0 radical (unpaired) electrons. The summed E-state index contributed by atoms with van der Waals surface area (Å²) in [5.41, 5.74) is 37.4. The number of benzene rings is 6. The Kier molecular flexibility index (Phi) is 24.1. The predicted molar refractivity (Wildman–Crippen MR) is 404 cm³/mol. The third kappa shape index (κ3) is 18.4. The molecule has 0 aliphatic carbocycles. The summed E-state index contributed by atoms with van der Waals surface area (Å²) in [4.78, 5) is 0. The number of aryl methyl sites for hydroxylation is 18. The lowest BCUT2D eigenvalue weighted by molar-refractivity contribution is -0.666. The van der Waals surface area contributed by atoms with Crippen LogP contribution in [-0.2, 0) is 42.3 Å². The van der Waals surface area contributed by atoms with E-state index >= 15 is 0 Å². The van der Waals surface area contributed by atoms with E-state index in [0.717, 1.165) is 22.5 Å². The van der Waals surface area contributed by atoms with Crippen LogP contribution >= 0.6 is 0 Å². The molecule has 6 aromatic heterocycles. The molecule has 12 rings (SSSR count). The minimum absolute atomic E-state index is 0.393. The summed E-state index contributed by atoms with van der Waals surface area (Å²) in [6.45, 7) is 34.2. The van der Waals surface area contributed by atoms with Gasteiger partial charge >= 0.3 is 0 Å². The molecule has 0 unspecified atom stereocenters. The largest absolute Gasteiger partial charge is 0.212 e. The molecule has 96 heavy (non-hydrogen) atoms. The average Bonchev–Trinajstić information content (AvgIpc) is 0.846. The first-order chi connectivity index (χ1) is 46.8. The molecule has 6 heterocycles. The van der Waals surface area contributed by atoms with Gasteiger partial charge in [-0.15, -0.1) is 0 Å². The zero-order valence-electron chi connectivity index (χ0n) is 65.0. The highest BCUT2D eigenvalue weighted by Crippen LogP contribution is 2.28. The van der Waals surface area contributed by atoms with Gasteiger partial charge in [0.15, 0.2) is 34.2 Å². The summed E-state index contributed by atoms with van der Waals surface area (Å²) in [5.74, 6) is 0. The monoisotopic (exact) mass is 1280 g/mol. The Morgan fingerprint density at radius 1 is 0.198 bits per heavy atom. The van der Waals surface area contributed by atoms with Gasteiger partial charge in [-0.2, -0.15) is 27.4 Å². The van der Waals surface area contributed by atoms with Gasteiger partial charge in [0.2, 0.25) is 34.2 Å². The lowest BCUT2D eigenvalue weighted by Crippen LogP contribution is -2.34. The Balaban J connectivity index is 0.000000167. The van der Waals surface area contributed by atoms with E-state index in [-0.39, 0.29) is 0 Å². The minimum Gasteiger partial charge on any atom is -0.199 e. The third-order valence-corrected chi connectivity index (χ3v) is 18.9. The molecular weight excluding hydrogens is 1170 g/mol. The zero-order valence-corrected chi connectivity index (χ0v) is 62.0. The smallest absolute Gasteiger partial charge is 0.199 e. The molecule has 0 saturated heterocycles. The highest BCUT2D eigenvalue weighted by molar-refractivity contribution is 5.68. The maximum Gasteiger partial charge on any atom is 0.212 e. The molecular formula is C90H108N6+6. The molecule has 492 valence electrons. The summed E-state index contributed by atoms with van der Waals surface area (Å²) < 4.78 is 35.7. The van der Waals surface area contributed by atoms with Crippen molar-refractivity contribution in [3.8, 4) is 67.5 Å². The first-order valence-electron chi connectivity index (χ1n) is 35.0. The fraction of sp³-hybridized carbons (Fsp3) is 0.267. The molecule has 0 spiro atoms. The van der Waals surface area contributed by atoms with Crippen molar-refractivity contribution in [2.75, 3.05) is 0 Å². The van der Waals surface area contributed by atoms with Crippen LogP contribution in [0.15, 0.2) is 218 Å². The minimum atomic E-state index is -2.04. The maximum absolute atomic E-state index is 7.45. The fourth-order valence-corrected chi connectivity index (χ4v) is 12.2. The second-order valence-corrected chi connectivity index (χ2v) is 26.2.